The van der Waals surface area contributed by atoms with E-state index in [2.05, 4.69) is 27.1 Å². The average Bonchev–Trinajstić information content (AvgIpc) is 3.66. The number of likely N-dealkylation sites (N-methyl/N-ethyl adjacent to an activating group) is 1. The van der Waals surface area contributed by atoms with E-state index in [0.29, 0.717) is 51.7 Å². The van der Waals surface area contributed by atoms with E-state index in [1.165, 1.54) is 16.8 Å². The van der Waals surface area contributed by atoms with E-state index in [1.54, 1.807) is 32.6 Å². The zero-order valence-electron chi connectivity index (χ0n) is 22.8. The summed E-state index contributed by atoms with van der Waals surface area (Å²) in [6, 6.07) is 3.32. The number of benzene rings is 1. The number of aryl methyl sites for hydroxylation is 1. The van der Waals surface area contributed by atoms with Gasteiger partial charge in [-0.15, -0.1) is 0 Å². The maximum absolute atomic E-state index is 15.7. The molecule has 3 aromatic heterocycles. The number of rotatable bonds is 4. The highest BCUT2D eigenvalue weighted by Crippen LogP contribution is 2.52. The second kappa shape index (κ2) is 9.07. The van der Waals surface area contributed by atoms with Crippen LogP contribution in [-0.4, -0.2) is 69.8 Å². The van der Waals surface area contributed by atoms with Crippen molar-refractivity contribution in [1.82, 2.24) is 19.4 Å². The number of aromatic carboxylic acids is 1. The van der Waals surface area contributed by atoms with Crippen LogP contribution in [0.4, 0.5) is 20.2 Å². The summed E-state index contributed by atoms with van der Waals surface area (Å²) in [4.78, 5) is 38.8. The Hall–Kier alpha value is -4.38. The quantitative estimate of drug-likeness (QED) is 0.343. The van der Waals surface area contributed by atoms with Gasteiger partial charge in [-0.2, -0.15) is 0 Å². The van der Waals surface area contributed by atoms with Crippen LogP contribution in [0.15, 0.2) is 35.5 Å². The summed E-state index contributed by atoms with van der Waals surface area (Å²) in [6.07, 6.45) is 6.81. The smallest absolute Gasteiger partial charge is 0.341 e. The van der Waals surface area contributed by atoms with Crippen LogP contribution >= 0.6 is 0 Å². The van der Waals surface area contributed by atoms with Crippen LogP contribution < -0.4 is 15.6 Å². The number of anilines is 2. The van der Waals surface area contributed by atoms with Gasteiger partial charge in [0, 0.05) is 98.3 Å². The molecule has 0 bridgehead atoms. The number of carboxylic acid groups (broad SMARTS) is 1. The highest BCUT2D eigenvalue weighted by Gasteiger charge is 2.44. The standard InChI is InChI=1S/C30H28F2N6O3/c1-33-20-10-19(31)26(32)24-15(20)9-21-25(24)27(38-7-5-22-23(38)4-6-36(22)2)17(12-34-21)14-8-16-28(39)18(30(40)41)13-37(3)29(16)35-11-14/h8,10-13,22-23,33H,4-7,9H2,1-3H3,(H,40,41)/t22-,23?/m1/s1. The average molecular weight is 559 g/mol. The summed E-state index contributed by atoms with van der Waals surface area (Å²) in [5.41, 5.74) is 3.90. The van der Waals surface area contributed by atoms with Crippen molar-refractivity contribution >= 4 is 28.4 Å². The van der Waals surface area contributed by atoms with Crippen molar-refractivity contribution in [2.75, 3.05) is 37.4 Å². The Morgan fingerprint density at radius 3 is 2.61 bits per heavy atom. The van der Waals surface area contributed by atoms with Crippen LogP contribution in [0.25, 0.3) is 33.3 Å². The van der Waals surface area contributed by atoms with Gasteiger partial charge < -0.3 is 24.8 Å². The Bertz CT molecular complexity index is 1860. The van der Waals surface area contributed by atoms with Crippen LogP contribution in [-0.2, 0) is 13.5 Å². The number of carboxylic acids is 1. The summed E-state index contributed by atoms with van der Waals surface area (Å²) in [5.74, 6) is -3.16. The fourth-order valence-electron chi connectivity index (χ4n) is 7.09. The highest BCUT2D eigenvalue weighted by molar-refractivity contribution is 5.99. The number of carbonyl (C=O) groups is 1. The Labute approximate surface area is 234 Å². The predicted octanol–water partition coefficient (Wildman–Crippen LogP) is 3.87. The number of hydrogen-bond donors (Lipinski definition) is 2. The second-order valence-corrected chi connectivity index (χ2v) is 11.1. The molecular weight excluding hydrogens is 530 g/mol. The number of nitrogens with one attached hydrogen (secondary N) is 1. The third kappa shape index (κ3) is 3.61. The third-order valence-corrected chi connectivity index (χ3v) is 9.02. The molecule has 0 saturated carbocycles. The van der Waals surface area contributed by atoms with Crippen molar-refractivity contribution < 1.29 is 18.7 Å². The molecule has 7 rings (SSSR count). The van der Waals surface area contributed by atoms with E-state index in [0.717, 1.165) is 31.6 Å². The zero-order valence-corrected chi connectivity index (χ0v) is 22.8. The van der Waals surface area contributed by atoms with Crippen molar-refractivity contribution in [3.05, 3.63) is 69.4 Å². The number of hydrogen-bond acceptors (Lipinski definition) is 7. The number of aromatic nitrogens is 3. The van der Waals surface area contributed by atoms with Gasteiger partial charge in [0.2, 0.25) is 5.43 Å². The SMILES string of the molecule is CNc1cc(F)c(F)c2c1Cc1ncc(-c3cnc4c(c3)c(=O)c(C(=O)O)cn4C)c(N3CC[C@@H]4C3CCN4C)c1-2. The van der Waals surface area contributed by atoms with Crippen molar-refractivity contribution in [1.29, 1.82) is 0 Å². The van der Waals surface area contributed by atoms with Gasteiger partial charge in [-0.05, 0) is 31.5 Å². The van der Waals surface area contributed by atoms with E-state index in [4.69, 9.17) is 4.98 Å². The molecule has 0 radical (unpaired) electrons. The molecule has 2 atom stereocenters. The first-order chi connectivity index (χ1) is 19.7. The lowest BCUT2D eigenvalue weighted by molar-refractivity contribution is 0.0695. The Balaban J connectivity index is 1.52. The summed E-state index contributed by atoms with van der Waals surface area (Å²) < 4.78 is 32.1. The van der Waals surface area contributed by atoms with Gasteiger partial charge in [0.1, 0.15) is 11.2 Å². The third-order valence-electron chi connectivity index (χ3n) is 9.02. The number of pyridine rings is 3. The van der Waals surface area contributed by atoms with Crippen LogP contribution in [0, 0.1) is 11.6 Å². The summed E-state index contributed by atoms with van der Waals surface area (Å²) in [7, 11) is 5.43. The zero-order chi connectivity index (χ0) is 28.7. The van der Waals surface area contributed by atoms with Gasteiger partial charge in [-0.3, -0.25) is 9.78 Å². The molecule has 0 amide bonds. The molecule has 2 fully saturated rings. The number of nitrogens with zero attached hydrogens (tertiary/aromatic N) is 5. The van der Waals surface area contributed by atoms with E-state index in [1.807, 2.05) is 0 Å². The molecule has 2 saturated heterocycles. The number of halogens is 2. The summed E-state index contributed by atoms with van der Waals surface area (Å²) in [6.45, 7) is 1.66. The summed E-state index contributed by atoms with van der Waals surface area (Å²) in [5, 5.41) is 12.8. The van der Waals surface area contributed by atoms with Crippen LogP contribution in [0.1, 0.15) is 34.5 Å². The fraction of sp³-hybridized carbons (Fsp3) is 0.333. The van der Waals surface area contributed by atoms with Gasteiger partial charge >= 0.3 is 5.97 Å². The molecule has 5 heterocycles. The minimum absolute atomic E-state index is 0.159. The molecule has 9 nitrogen and oxygen atoms in total. The molecule has 1 unspecified atom stereocenters. The number of likely N-dealkylation sites (tertiary alicyclic amines) is 1. The fourth-order valence-corrected chi connectivity index (χ4v) is 7.09. The van der Waals surface area contributed by atoms with Gasteiger partial charge in [-0.25, -0.2) is 18.6 Å². The Kier molecular flexibility index (Phi) is 5.66. The van der Waals surface area contributed by atoms with Crippen molar-refractivity contribution in [2.24, 2.45) is 7.05 Å². The van der Waals surface area contributed by atoms with Gasteiger partial charge in [0.25, 0.3) is 0 Å². The molecule has 0 spiro atoms. The topological polar surface area (TPSA) is 104 Å². The summed E-state index contributed by atoms with van der Waals surface area (Å²) >= 11 is 0. The predicted molar refractivity (Wildman–Crippen MR) is 152 cm³/mol. The van der Waals surface area contributed by atoms with Gasteiger partial charge in [-0.1, -0.05) is 0 Å². The lowest BCUT2D eigenvalue weighted by Gasteiger charge is -2.31. The van der Waals surface area contributed by atoms with Crippen LogP contribution in [0.3, 0.4) is 0 Å². The lowest BCUT2D eigenvalue weighted by atomic mass is 9.96. The van der Waals surface area contributed by atoms with E-state index < -0.39 is 23.0 Å². The van der Waals surface area contributed by atoms with Gasteiger partial charge in [0.15, 0.2) is 11.6 Å². The molecule has 1 aromatic carbocycles. The molecule has 4 aromatic rings. The monoisotopic (exact) mass is 558 g/mol. The molecule has 41 heavy (non-hydrogen) atoms. The van der Waals surface area contributed by atoms with E-state index in [-0.39, 0.29) is 22.6 Å². The first-order valence-electron chi connectivity index (χ1n) is 13.6. The van der Waals surface area contributed by atoms with E-state index in [9.17, 15) is 19.1 Å². The second-order valence-electron chi connectivity index (χ2n) is 11.1. The highest BCUT2D eigenvalue weighted by atomic mass is 19.2. The van der Waals surface area contributed by atoms with E-state index >= 15 is 4.39 Å². The molecule has 2 aliphatic heterocycles. The van der Waals surface area contributed by atoms with Gasteiger partial charge in [0.05, 0.1) is 16.8 Å². The molecule has 2 N–H and O–H groups in total. The first kappa shape index (κ1) is 25.6. The van der Waals surface area contributed by atoms with Crippen LogP contribution in [0.2, 0.25) is 0 Å². The van der Waals surface area contributed by atoms with Crippen molar-refractivity contribution in [2.45, 2.75) is 31.3 Å². The molecule has 11 heteroatoms. The molecule has 210 valence electrons. The molecule has 3 aliphatic rings. The first-order valence-corrected chi connectivity index (χ1v) is 13.6. The Morgan fingerprint density at radius 2 is 1.85 bits per heavy atom. The molecule has 1 aliphatic carbocycles. The van der Waals surface area contributed by atoms with Crippen molar-refractivity contribution in [3.8, 4) is 22.3 Å². The maximum Gasteiger partial charge on any atom is 0.341 e. The Morgan fingerprint density at radius 1 is 1.07 bits per heavy atom. The number of fused-ring (bicyclic) bond motifs is 5. The lowest BCUT2D eigenvalue weighted by Crippen LogP contribution is -2.35. The van der Waals surface area contributed by atoms with Crippen molar-refractivity contribution in [3.63, 3.8) is 0 Å². The normalized spacial score (nSPS) is 19.5. The molecular formula is C30H28F2N6O3. The largest absolute Gasteiger partial charge is 0.477 e. The van der Waals surface area contributed by atoms with Crippen LogP contribution in [0.5, 0.6) is 0 Å². The minimum atomic E-state index is -1.32. The maximum atomic E-state index is 15.7. The minimum Gasteiger partial charge on any atom is -0.477 e.